The van der Waals surface area contributed by atoms with Gasteiger partial charge in [0.25, 0.3) is 0 Å². The monoisotopic (exact) mass is 1090 g/mol. The van der Waals surface area contributed by atoms with E-state index in [1.165, 1.54) is 225 Å². The Balaban J connectivity index is 4.25. The zero-order valence-electron chi connectivity index (χ0n) is 52.2. The van der Waals surface area contributed by atoms with Crippen LogP contribution in [0.3, 0.4) is 0 Å². The molecular formula is C72H130O6. The maximum atomic E-state index is 12.9. The van der Waals surface area contributed by atoms with Crippen molar-refractivity contribution in [3.63, 3.8) is 0 Å². The summed E-state index contributed by atoms with van der Waals surface area (Å²) in [5.74, 6) is -0.853. The number of allylic oxidation sites excluding steroid dienone is 10. The summed E-state index contributed by atoms with van der Waals surface area (Å²) in [5, 5.41) is 0. The number of ether oxygens (including phenoxy) is 3. The molecule has 1 atom stereocenters. The van der Waals surface area contributed by atoms with Crippen molar-refractivity contribution >= 4 is 17.9 Å². The highest BCUT2D eigenvalue weighted by molar-refractivity contribution is 5.71. The first-order valence-electron chi connectivity index (χ1n) is 34.3. The Morgan fingerprint density at radius 1 is 0.269 bits per heavy atom. The SMILES string of the molecule is CC/C=C\C/C=C\C/C=C\C/C=C\C/C=C\CCCCCCCCCCCC(=O)OCC(COC(=O)CCCCCCCCCCCCCC)OC(=O)CCCCCCCCCCCCCCCCCCCCCCCCC. The van der Waals surface area contributed by atoms with E-state index in [-0.39, 0.29) is 31.1 Å². The van der Waals surface area contributed by atoms with Gasteiger partial charge in [0.1, 0.15) is 13.2 Å². The summed E-state index contributed by atoms with van der Waals surface area (Å²) in [4.78, 5) is 38.4. The van der Waals surface area contributed by atoms with Gasteiger partial charge in [-0.2, -0.15) is 0 Å². The van der Waals surface area contributed by atoms with Gasteiger partial charge in [0, 0.05) is 19.3 Å². The number of hydrogen-bond donors (Lipinski definition) is 0. The van der Waals surface area contributed by atoms with Gasteiger partial charge in [-0.25, -0.2) is 0 Å². The molecule has 0 aromatic rings. The summed E-state index contributed by atoms with van der Waals surface area (Å²) in [6, 6.07) is 0. The van der Waals surface area contributed by atoms with Gasteiger partial charge in [-0.15, -0.1) is 0 Å². The standard InChI is InChI=1S/C72H130O6/c1-4-7-10-13-16-19-22-25-27-29-31-33-35-36-38-39-41-43-45-47-50-53-56-59-62-65-71(74)77-68-69(67-76-70(73)64-61-58-55-52-49-24-21-18-15-12-9-6-3)78-72(75)66-63-60-57-54-51-48-46-44-42-40-37-34-32-30-28-26-23-20-17-14-11-8-5-2/h7,10,16,19,25,27,31,33,36,38,69H,4-6,8-9,11-15,17-18,20-24,26,28-30,32,34-35,37,39-68H2,1-3H3/b10-7-,19-16-,27-25-,33-31-,38-36-. The predicted octanol–water partition coefficient (Wildman–Crippen LogP) is 23.5. The normalized spacial score (nSPS) is 12.4. The van der Waals surface area contributed by atoms with E-state index in [2.05, 4.69) is 81.5 Å². The lowest BCUT2D eigenvalue weighted by Gasteiger charge is -2.18. The van der Waals surface area contributed by atoms with E-state index in [1.807, 2.05) is 0 Å². The Kier molecular flexibility index (Phi) is 64.2. The van der Waals surface area contributed by atoms with Crippen molar-refractivity contribution in [2.24, 2.45) is 0 Å². The van der Waals surface area contributed by atoms with Crippen LogP contribution in [0, 0.1) is 0 Å². The molecule has 0 N–H and O–H groups in total. The minimum absolute atomic E-state index is 0.0705. The van der Waals surface area contributed by atoms with E-state index in [1.54, 1.807) is 0 Å². The minimum Gasteiger partial charge on any atom is -0.462 e. The molecule has 0 bridgehead atoms. The van der Waals surface area contributed by atoms with Gasteiger partial charge in [0.05, 0.1) is 0 Å². The van der Waals surface area contributed by atoms with E-state index in [4.69, 9.17) is 14.2 Å². The summed E-state index contributed by atoms with van der Waals surface area (Å²) in [5.41, 5.74) is 0. The largest absolute Gasteiger partial charge is 0.462 e. The summed E-state index contributed by atoms with van der Waals surface area (Å²) in [6.45, 7) is 6.58. The van der Waals surface area contributed by atoms with Crippen molar-refractivity contribution in [3.8, 4) is 0 Å². The molecule has 78 heavy (non-hydrogen) atoms. The molecule has 0 spiro atoms. The highest BCUT2D eigenvalue weighted by Gasteiger charge is 2.19. The van der Waals surface area contributed by atoms with Gasteiger partial charge >= 0.3 is 17.9 Å². The first-order valence-corrected chi connectivity index (χ1v) is 34.3. The minimum atomic E-state index is -0.774. The fourth-order valence-corrected chi connectivity index (χ4v) is 10.2. The van der Waals surface area contributed by atoms with Gasteiger partial charge < -0.3 is 14.2 Å². The van der Waals surface area contributed by atoms with Crippen LogP contribution in [0.1, 0.15) is 361 Å². The molecule has 454 valence electrons. The lowest BCUT2D eigenvalue weighted by molar-refractivity contribution is -0.167. The maximum Gasteiger partial charge on any atom is 0.306 e. The second kappa shape index (κ2) is 66.6. The van der Waals surface area contributed by atoms with Crippen molar-refractivity contribution < 1.29 is 28.6 Å². The number of carbonyl (C=O) groups is 3. The topological polar surface area (TPSA) is 78.9 Å². The lowest BCUT2D eigenvalue weighted by atomic mass is 10.0. The van der Waals surface area contributed by atoms with Crippen molar-refractivity contribution in [2.45, 2.75) is 367 Å². The van der Waals surface area contributed by atoms with Gasteiger partial charge in [-0.3, -0.25) is 14.4 Å². The van der Waals surface area contributed by atoms with Crippen LogP contribution in [-0.2, 0) is 28.6 Å². The number of carbonyl (C=O) groups excluding carboxylic acids is 3. The van der Waals surface area contributed by atoms with Crippen LogP contribution in [0.4, 0.5) is 0 Å². The summed E-state index contributed by atoms with van der Waals surface area (Å²) >= 11 is 0. The molecule has 0 aliphatic carbocycles. The molecule has 0 aliphatic heterocycles. The van der Waals surface area contributed by atoms with Gasteiger partial charge in [0.15, 0.2) is 6.10 Å². The van der Waals surface area contributed by atoms with Crippen LogP contribution in [0.15, 0.2) is 60.8 Å². The highest BCUT2D eigenvalue weighted by Crippen LogP contribution is 2.18. The Bertz CT molecular complexity index is 1390. The Morgan fingerprint density at radius 2 is 0.500 bits per heavy atom. The van der Waals surface area contributed by atoms with Gasteiger partial charge in [-0.1, -0.05) is 338 Å². The molecule has 6 heteroatoms. The lowest BCUT2D eigenvalue weighted by Crippen LogP contribution is -2.30. The molecule has 0 fully saturated rings. The first-order chi connectivity index (χ1) is 38.5. The fourth-order valence-electron chi connectivity index (χ4n) is 10.2. The molecule has 0 aromatic carbocycles. The molecule has 0 rings (SSSR count). The third-order valence-corrected chi connectivity index (χ3v) is 15.3. The maximum absolute atomic E-state index is 12.9. The smallest absolute Gasteiger partial charge is 0.306 e. The second-order valence-corrected chi connectivity index (χ2v) is 23.1. The first kappa shape index (κ1) is 75.1. The molecule has 0 aromatic heterocycles. The van der Waals surface area contributed by atoms with Gasteiger partial charge in [-0.05, 0) is 64.2 Å². The third kappa shape index (κ3) is 63.9. The van der Waals surface area contributed by atoms with Crippen molar-refractivity contribution in [1.29, 1.82) is 0 Å². The third-order valence-electron chi connectivity index (χ3n) is 15.3. The molecule has 6 nitrogen and oxygen atoms in total. The van der Waals surface area contributed by atoms with Crippen molar-refractivity contribution in [2.75, 3.05) is 13.2 Å². The number of hydrogen-bond acceptors (Lipinski definition) is 6. The molecular weight excluding hydrogens is 961 g/mol. The van der Waals surface area contributed by atoms with Crippen LogP contribution in [0.25, 0.3) is 0 Å². The fraction of sp³-hybridized carbons (Fsp3) is 0.819. The zero-order valence-corrected chi connectivity index (χ0v) is 52.2. The molecule has 0 saturated heterocycles. The van der Waals surface area contributed by atoms with Gasteiger partial charge in [0.2, 0.25) is 0 Å². The number of rotatable bonds is 63. The average molecular weight is 1090 g/mol. The number of esters is 3. The van der Waals surface area contributed by atoms with E-state index >= 15 is 0 Å². The molecule has 0 heterocycles. The van der Waals surface area contributed by atoms with Crippen LogP contribution >= 0.6 is 0 Å². The highest BCUT2D eigenvalue weighted by atomic mass is 16.6. The molecule has 0 radical (unpaired) electrons. The van der Waals surface area contributed by atoms with Crippen LogP contribution in [0.5, 0.6) is 0 Å². The average Bonchev–Trinajstić information content (AvgIpc) is 3.44. The number of unbranched alkanes of at least 4 members (excludes halogenated alkanes) is 42. The molecule has 1 unspecified atom stereocenters. The quantitative estimate of drug-likeness (QED) is 0.0261. The Labute approximate surface area is 485 Å². The molecule has 0 saturated carbocycles. The summed E-state index contributed by atoms with van der Waals surface area (Å²) in [7, 11) is 0. The van der Waals surface area contributed by atoms with Crippen LogP contribution in [0.2, 0.25) is 0 Å². The predicted molar refractivity (Wildman–Crippen MR) is 339 cm³/mol. The van der Waals surface area contributed by atoms with Crippen LogP contribution < -0.4 is 0 Å². The van der Waals surface area contributed by atoms with E-state index < -0.39 is 6.10 Å². The van der Waals surface area contributed by atoms with Crippen LogP contribution in [-0.4, -0.2) is 37.2 Å². The van der Waals surface area contributed by atoms with E-state index in [9.17, 15) is 14.4 Å². The molecule has 0 aliphatic rings. The second-order valence-electron chi connectivity index (χ2n) is 23.1. The van der Waals surface area contributed by atoms with Crippen molar-refractivity contribution in [1.82, 2.24) is 0 Å². The van der Waals surface area contributed by atoms with E-state index in [0.29, 0.717) is 19.3 Å². The molecule has 0 amide bonds. The summed E-state index contributed by atoms with van der Waals surface area (Å²) < 4.78 is 17.0. The Hall–Kier alpha value is -2.89. The van der Waals surface area contributed by atoms with Crippen molar-refractivity contribution in [3.05, 3.63) is 60.8 Å². The van der Waals surface area contributed by atoms with E-state index in [0.717, 1.165) is 96.3 Å². The Morgan fingerprint density at radius 3 is 0.782 bits per heavy atom. The zero-order chi connectivity index (χ0) is 56.4. The summed E-state index contributed by atoms with van der Waals surface area (Å²) in [6.07, 6.45) is 85.3.